The number of piperazine rings is 1. The predicted octanol–water partition coefficient (Wildman–Crippen LogP) is 3.83. The number of aromatic nitrogens is 2. The van der Waals surface area contributed by atoms with Gasteiger partial charge in [-0.05, 0) is 43.7 Å². The van der Waals surface area contributed by atoms with Crippen LogP contribution in [0.1, 0.15) is 21.5 Å². The first kappa shape index (κ1) is 20.9. The molecule has 166 valence electrons. The van der Waals surface area contributed by atoms with E-state index in [0.717, 1.165) is 22.5 Å². The number of benzene rings is 2. The maximum atomic E-state index is 13.0. The number of nitrogens with zero attached hydrogens (tertiary/aromatic N) is 4. The van der Waals surface area contributed by atoms with Crippen molar-refractivity contribution >= 4 is 22.7 Å². The van der Waals surface area contributed by atoms with Crippen LogP contribution >= 0.6 is 0 Å². The van der Waals surface area contributed by atoms with E-state index in [2.05, 4.69) is 47.1 Å². The first-order valence-corrected chi connectivity index (χ1v) is 11.0. The lowest BCUT2D eigenvalue weighted by Crippen LogP contribution is -2.49. The van der Waals surface area contributed by atoms with E-state index in [-0.39, 0.29) is 11.5 Å². The van der Waals surface area contributed by atoms with Crippen molar-refractivity contribution in [3.8, 4) is 11.3 Å². The quantitative estimate of drug-likeness (QED) is 0.451. The third kappa shape index (κ3) is 4.09. The average Bonchev–Trinajstić information content (AvgIpc) is 2.83. The van der Waals surface area contributed by atoms with E-state index >= 15 is 0 Å². The second kappa shape index (κ2) is 8.50. The van der Waals surface area contributed by atoms with Crippen LogP contribution in [0, 0.1) is 13.8 Å². The van der Waals surface area contributed by atoms with Gasteiger partial charge >= 0.3 is 5.63 Å². The molecule has 3 heterocycles. The van der Waals surface area contributed by atoms with Crippen LogP contribution in [-0.4, -0.2) is 47.2 Å². The van der Waals surface area contributed by atoms with Crippen LogP contribution in [0.15, 0.2) is 69.9 Å². The lowest BCUT2D eigenvalue weighted by atomic mass is 10.0. The van der Waals surface area contributed by atoms with E-state index in [1.54, 1.807) is 23.1 Å². The molecule has 33 heavy (non-hydrogen) atoms. The molecule has 1 fully saturated rings. The fourth-order valence-electron chi connectivity index (χ4n) is 4.26. The summed E-state index contributed by atoms with van der Waals surface area (Å²) in [6.07, 6.45) is 0. The molecule has 0 bridgehead atoms. The first-order chi connectivity index (χ1) is 16.0. The fourth-order valence-corrected chi connectivity index (χ4v) is 4.26. The summed E-state index contributed by atoms with van der Waals surface area (Å²) in [5.41, 5.74) is 4.25. The Labute approximate surface area is 191 Å². The highest BCUT2D eigenvalue weighted by Gasteiger charge is 2.25. The van der Waals surface area contributed by atoms with E-state index in [4.69, 9.17) is 4.42 Å². The third-order valence-electron chi connectivity index (χ3n) is 6.07. The van der Waals surface area contributed by atoms with Gasteiger partial charge in [0.05, 0.1) is 5.69 Å². The molecule has 0 saturated carbocycles. The van der Waals surface area contributed by atoms with E-state index in [1.165, 1.54) is 11.1 Å². The molecule has 4 aromatic rings. The molecule has 1 saturated heterocycles. The van der Waals surface area contributed by atoms with Crippen molar-refractivity contribution in [2.45, 2.75) is 13.8 Å². The molecule has 0 atom stereocenters. The fraction of sp³-hybridized carbons (Fsp3) is 0.231. The normalized spacial score (nSPS) is 14.0. The predicted molar refractivity (Wildman–Crippen MR) is 128 cm³/mol. The van der Waals surface area contributed by atoms with E-state index in [1.807, 2.05) is 24.3 Å². The maximum absolute atomic E-state index is 13.0. The molecule has 7 nitrogen and oxygen atoms in total. The van der Waals surface area contributed by atoms with Crippen LogP contribution in [0.4, 0.5) is 5.82 Å². The molecule has 0 N–H and O–H groups in total. The number of fused-ring (bicyclic) bond motifs is 1. The van der Waals surface area contributed by atoms with Gasteiger partial charge < -0.3 is 14.2 Å². The van der Waals surface area contributed by atoms with Gasteiger partial charge in [0, 0.05) is 37.1 Å². The van der Waals surface area contributed by atoms with Crippen LogP contribution in [0.25, 0.3) is 22.2 Å². The van der Waals surface area contributed by atoms with Gasteiger partial charge in [0.2, 0.25) is 0 Å². The SMILES string of the molecule is Cc1ccc(-c2ccc(N3CCN(C(=O)c4cc5ccccc5oc4=O)CC3)nn2)c(C)c1. The summed E-state index contributed by atoms with van der Waals surface area (Å²) in [5.74, 6) is 0.478. The zero-order valence-corrected chi connectivity index (χ0v) is 18.6. The molecule has 0 radical (unpaired) electrons. The number of para-hydroxylation sites is 1. The van der Waals surface area contributed by atoms with E-state index in [0.29, 0.717) is 31.8 Å². The summed E-state index contributed by atoms with van der Waals surface area (Å²) in [6.45, 7) is 6.36. The van der Waals surface area contributed by atoms with Gasteiger partial charge in [-0.1, -0.05) is 42.0 Å². The zero-order valence-electron chi connectivity index (χ0n) is 18.6. The monoisotopic (exact) mass is 440 g/mol. The smallest absolute Gasteiger partial charge is 0.349 e. The number of amides is 1. The van der Waals surface area contributed by atoms with Gasteiger partial charge in [-0.2, -0.15) is 0 Å². The van der Waals surface area contributed by atoms with Crippen molar-refractivity contribution in [3.05, 3.63) is 87.8 Å². The highest BCUT2D eigenvalue weighted by molar-refractivity contribution is 5.96. The highest BCUT2D eigenvalue weighted by atomic mass is 16.4. The number of rotatable bonds is 3. The van der Waals surface area contributed by atoms with Crippen molar-refractivity contribution < 1.29 is 9.21 Å². The lowest BCUT2D eigenvalue weighted by molar-refractivity contribution is 0.0742. The standard InChI is InChI=1S/C26H24N4O3/c1-17-7-8-20(18(2)15-17)22-9-10-24(28-27-22)29-11-13-30(14-12-29)25(31)21-16-19-5-3-4-6-23(19)33-26(21)32/h3-10,15-16H,11-14H2,1-2H3. The minimum Gasteiger partial charge on any atom is -0.422 e. The molecule has 0 spiro atoms. The number of carbonyl (C=O) groups excluding carboxylic acids is 1. The second-order valence-corrected chi connectivity index (χ2v) is 8.36. The third-order valence-corrected chi connectivity index (χ3v) is 6.07. The first-order valence-electron chi connectivity index (χ1n) is 11.0. The number of anilines is 1. The van der Waals surface area contributed by atoms with Gasteiger partial charge in [-0.3, -0.25) is 4.79 Å². The summed E-state index contributed by atoms with van der Waals surface area (Å²) in [5, 5.41) is 9.59. The van der Waals surface area contributed by atoms with E-state index < -0.39 is 5.63 Å². The summed E-state index contributed by atoms with van der Waals surface area (Å²) in [7, 11) is 0. The number of hydrogen-bond donors (Lipinski definition) is 0. The van der Waals surface area contributed by atoms with Crippen molar-refractivity contribution in [1.82, 2.24) is 15.1 Å². The summed E-state index contributed by atoms with van der Waals surface area (Å²) >= 11 is 0. The summed E-state index contributed by atoms with van der Waals surface area (Å²) < 4.78 is 5.33. The molecule has 5 rings (SSSR count). The molecule has 1 aliphatic rings. The Morgan fingerprint density at radius 3 is 2.42 bits per heavy atom. The van der Waals surface area contributed by atoms with Crippen LogP contribution in [0.3, 0.4) is 0 Å². The van der Waals surface area contributed by atoms with Crippen LogP contribution in [0.5, 0.6) is 0 Å². The molecule has 1 amide bonds. The van der Waals surface area contributed by atoms with Crippen molar-refractivity contribution in [3.63, 3.8) is 0 Å². The number of aryl methyl sites for hydroxylation is 2. The summed E-state index contributed by atoms with van der Waals surface area (Å²) in [6, 6.07) is 19.0. The maximum Gasteiger partial charge on any atom is 0.349 e. The van der Waals surface area contributed by atoms with Crippen LogP contribution in [0.2, 0.25) is 0 Å². The number of hydrogen-bond acceptors (Lipinski definition) is 6. The Hall–Kier alpha value is -4.00. The zero-order chi connectivity index (χ0) is 22.9. The minimum atomic E-state index is -0.603. The van der Waals surface area contributed by atoms with Crippen LogP contribution in [-0.2, 0) is 0 Å². The number of carbonyl (C=O) groups is 1. The van der Waals surface area contributed by atoms with E-state index in [9.17, 15) is 9.59 Å². The van der Waals surface area contributed by atoms with Gasteiger partial charge in [0.25, 0.3) is 5.91 Å². The molecule has 1 aliphatic heterocycles. The topological polar surface area (TPSA) is 79.5 Å². The van der Waals surface area contributed by atoms with Gasteiger partial charge in [0.15, 0.2) is 5.82 Å². The van der Waals surface area contributed by atoms with Crippen molar-refractivity contribution in [2.24, 2.45) is 0 Å². The van der Waals surface area contributed by atoms with Gasteiger partial charge in [-0.25, -0.2) is 4.79 Å². The van der Waals surface area contributed by atoms with Crippen molar-refractivity contribution in [1.29, 1.82) is 0 Å². The average molecular weight is 441 g/mol. The molecule has 0 unspecified atom stereocenters. The van der Waals surface area contributed by atoms with Gasteiger partial charge in [0.1, 0.15) is 11.1 Å². The van der Waals surface area contributed by atoms with Crippen LogP contribution < -0.4 is 10.5 Å². The molecular formula is C26H24N4O3. The Morgan fingerprint density at radius 1 is 0.909 bits per heavy atom. The Morgan fingerprint density at radius 2 is 1.70 bits per heavy atom. The van der Waals surface area contributed by atoms with Crippen molar-refractivity contribution in [2.75, 3.05) is 31.1 Å². The molecule has 2 aromatic heterocycles. The Kier molecular flexibility index (Phi) is 5.38. The lowest BCUT2D eigenvalue weighted by Gasteiger charge is -2.35. The minimum absolute atomic E-state index is 0.0692. The van der Waals surface area contributed by atoms with Gasteiger partial charge in [-0.15, -0.1) is 10.2 Å². The largest absolute Gasteiger partial charge is 0.422 e. The Bertz CT molecular complexity index is 1390. The molecular weight excluding hydrogens is 416 g/mol. The molecule has 7 heteroatoms. The molecule has 0 aliphatic carbocycles. The Balaban J connectivity index is 1.28. The highest BCUT2D eigenvalue weighted by Crippen LogP contribution is 2.24. The second-order valence-electron chi connectivity index (χ2n) is 8.36. The molecule has 2 aromatic carbocycles. The summed E-state index contributed by atoms with van der Waals surface area (Å²) in [4.78, 5) is 29.1.